The van der Waals surface area contributed by atoms with Crippen molar-refractivity contribution >= 4 is 50.8 Å². The lowest BCUT2D eigenvalue weighted by Gasteiger charge is -2.32. The first-order valence-electron chi connectivity index (χ1n) is 11.9. The summed E-state index contributed by atoms with van der Waals surface area (Å²) in [4.78, 5) is 0. The van der Waals surface area contributed by atoms with Gasteiger partial charge in [0.15, 0.2) is 0 Å². The Bertz CT molecular complexity index is 1080. The Morgan fingerprint density at radius 3 is 1.32 bits per heavy atom. The largest absolute Gasteiger partial charge is 0.544 e. The van der Waals surface area contributed by atoms with Crippen molar-refractivity contribution in [2.24, 2.45) is 0 Å². The highest BCUT2D eigenvalue weighted by atomic mass is 28.4. The molecule has 0 unspecified atom stereocenters. The second-order valence-electron chi connectivity index (χ2n) is 10.1. The molecule has 0 N–H and O–H groups in total. The maximum atomic E-state index is 6.85. The van der Waals surface area contributed by atoms with E-state index in [1.54, 1.807) is 0 Å². The standard InChI is InChI=1S/C27H38O3Si4/c1-32(2,23-16-10-7-11-17-23)28-22-26(29-33(3,4)24-18-12-8-13-19-24)27(31)30-34(5,6)25-20-14-9-15-21-25/h7-21H,22H2,1-6,31H3. The number of hydrogen-bond acceptors (Lipinski definition) is 3. The molecule has 0 radical (unpaired) electrons. The highest BCUT2D eigenvalue weighted by Gasteiger charge is 2.33. The number of hydrogen-bond donors (Lipinski definition) is 0. The average molecular weight is 523 g/mol. The summed E-state index contributed by atoms with van der Waals surface area (Å²) < 4.78 is 20.2. The molecule has 3 aromatic rings. The number of benzene rings is 3. The summed E-state index contributed by atoms with van der Waals surface area (Å²) in [6, 6.07) is 31.7. The van der Waals surface area contributed by atoms with Crippen LogP contribution in [0, 0.1) is 0 Å². The second-order valence-corrected chi connectivity index (χ2v) is 22.5. The van der Waals surface area contributed by atoms with Gasteiger partial charge in [-0.05, 0) is 54.8 Å². The lowest BCUT2D eigenvalue weighted by atomic mass is 10.4. The molecule has 7 heteroatoms. The van der Waals surface area contributed by atoms with E-state index in [0.29, 0.717) is 6.61 Å². The van der Waals surface area contributed by atoms with E-state index < -0.39 is 25.0 Å². The van der Waals surface area contributed by atoms with Gasteiger partial charge in [0.2, 0.25) is 8.32 Å². The van der Waals surface area contributed by atoms with Crippen LogP contribution in [-0.4, -0.2) is 41.8 Å². The molecule has 0 amide bonds. The minimum atomic E-state index is -2.20. The molecule has 3 nitrogen and oxygen atoms in total. The highest BCUT2D eigenvalue weighted by molar-refractivity contribution is 6.85. The molecule has 0 aromatic heterocycles. The molecular formula is C27H38O3Si4. The Morgan fingerprint density at radius 2 is 0.912 bits per heavy atom. The highest BCUT2D eigenvalue weighted by Crippen LogP contribution is 2.20. The van der Waals surface area contributed by atoms with Gasteiger partial charge >= 0.3 is 0 Å². The molecular weight excluding hydrogens is 485 g/mol. The monoisotopic (exact) mass is 522 g/mol. The van der Waals surface area contributed by atoms with Crippen molar-refractivity contribution in [3.8, 4) is 0 Å². The van der Waals surface area contributed by atoms with Gasteiger partial charge in [0.25, 0.3) is 16.6 Å². The van der Waals surface area contributed by atoms with Crippen molar-refractivity contribution in [3.63, 3.8) is 0 Å². The van der Waals surface area contributed by atoms with Crippen LogP contribution in [0.25, 0.3) is 0 Å². The first kappa shape index (κ1) is 26.4. The maximum absolute atomic E-state index is 6.85. The van der Waals surface area contributed by atoms with E-state index in [9.17, 15) is 0 Å². The van der Waals surface area contributed by atoms with Crippen molar-refractivity contribution in [2.45, 2.75) is 39.3 Å². The fourth-order valence-electron chi connectivity index (χ4n) is 3.92. The normalized spacial score (nSPS) is 13.4. The van der Waals surface area contributed by atoms with E-state index in [0.717, 1.165) is 21.4 Å². The molecule has 0 bridgehead atoms. The quantitative estimate of drug-likeness (QED) is 0.298. The summed E-state index contributed by atoms with van der Waals surface area (Å²) in [6.45, 7) is 13.9. The summed E-state index contributed by atoms with van der Waals surface area (Å²) in [5.74, 6) is 0.875. The molecule has 0 saturated carbocycles. The van der Waals surface area contributed by atoms with Crippen molar-refractivity contribution in [1.82, 2.24) is 0 Å². The smallest absolute Gasteiger partial charge is 0.276 e. The first-order chi connectivity index (χ1) is 16.0. The average Bonchev–Trinajstić information content (AvgIpc) is 2.83. The molecule has 0 saturated heterocycles. The van der Waals surface area contributed by atoms with Gasteiger partial charge in [-0.25, -0.2) is 0 Å². The van der Waals surface area contributed by atoms with Crippen LogP contribution in [0.5, 0.6) is 0 Å². The van der Waals surface area contributed by atoms with Crippen LogP contribution in [-0.2, 0) is 13.3 Å². The predicted molar refractivity (Wildman–Crippen MR) is 156 cm³/mol. The molecule has 3 aromatic carbocycles. The van der Waals surface area contributed by atoms with E-state index in [4.69, 9.17) is 13.3 Å². The van der Waals surface area contributed by atoms with Gasteiger partial charge in [-0.3, -0.25) is 0 Å². The molecule has 0 fully saturated rings. The fourth-order valence-corrected chi connectivity index (χ4v) is 11.5. The lowest BCUT2D eigenvalue weighted by Crippen LogP contribution is -2.48. The third kappa shape index (κ3) is 6.93. The summed E-state index contributed by atoms with van der Waals surface area (Å²) >= 11 is 0. The van der Waals surface area contributed by atoms with Crippen LogP contribution in [0.3, 0.4) is 0 Å². The van der Waals surface area contributed by atoms with Gasteiger partial charge in [-0.2, -0.15) is 0 Å². The van der Waals surface area contributed by atoms with Gasteiger partial charge in [0.1, 0.15) is 5.76 Å². The molecule has 0 aliphatic carbocycles. The van der Waals surface area contributed by atoms with Crippen LogP contribution in [0.2, 0.25) is 39.3 Å². The molecule has 180 valence electrons. The van der Waals surface area contributed by atoms with Crippen LogP contribution in [0.4, 0.5) is 0 Å². The summed E-state index contributed by atoms with van der Waals surface area (Å²) in [5, 5.41) is 4.79. The van der Waals surface area contributed by atoms with Gasteiger partial charge in [0, 0.05) is 0 Å². The topological polar surface area (TPSA) is 27.7 Å². The molecule has 0 aliphatic heterocycles. The van der Waals surface area contributed by atoms with Gasteiger partial charge < -0.3 is 13.3 Å². The Morgan fingerprint density at radius 1 is 0.559 bits per heavy atom. The van der Waals surface area contributed by atoms with Gasteiger partial charge in [-0.1, -0.05) is 91.0 Å². The minimum Gasteiger partial charge on any atom is -0.544 e. The van der Waals surface area contributed by atoms with E-state index in [1.807, 2.05) is 0 Å². The van der Waals surface area contributed by atoms with E-state index >= 15 is 0 Å². The molecule has 0 atom stereocenters. The third-order valence-electron chi connectivity index (χ3n) is 6.15. The number of rotatable bonds is 10. The SMILES string of the molecule is C[Si](C)(OCC(O[Si](C)(C)c1ccccc1)=C([SiH3])O[Si](C)(C)c1ccccc1)c1ccccc1. The minimum absolute atomic E-state index is 0.440. The zero-order chi connectivity index (χ0) is 24.8. The van der Waals surface area contributed by atoms with Gasteiger partial charge in [0.05, 0.1) is 22.2 Å². The Kier molecular flexibility index (Phi) is 8.59. The lowest BCUT2D eigenvalue weighted by molar-refractivity contribution is 0.260. The van der Waals surface area contributed by atoms with Crippen molar-refractivity contribution in [3.05, 3.63) is 102 Å². The molecule has 0 aliphatic rings. The van der Waals surface area contributed by atoms with Crippen molar-refractivity contribution < 1.29 is 13.3 Å². The zero-order valence-electron chi connectivity index (χ0n) is 21.6. The summed E-state index contributed by atoms with van der Waals surface area (Å²) in [7, 11) is -5.67. The van der Waals surface area contributed by atoms with Crippen molar-refractivity contribution in [2.75, 3.05) is 6.61 Å². The van der Waals surface area contributed by atoms with Crippen molar-refractivity contribution in [1.29, 1.82) is 0 Å². The van der Waals surface area contributed by atoms with E-state index in [1.165, 1.54) is 15.6 Å². The Hall–Kier alpha value is -2.17. The third-order valence-corrected chi connectivity index (χ3v) is 14.9. The first-order valence-corrected chi connectivity index (χ1v) is 21.6. The molecule has 0 spiro atoms. The maximum Gasteiger partial charge on any atom is 0.276 e. The predicted octanol–water partition coefficient (Wildman–Crippen LogP) is 3.91. The second kappa shape index (κ2) is 11.0. The van der Waals surface area contributed by atoms with Crippen LogP contribution in [0.1, 0.15) is 0 Å². The van der Waals surface area contributed by atoms with E-state index in [2.05, 4.69) is 130 Å². The zero-order valence-corrected chi connectivity index (χ0v) is 26.6. The summed E-state index contributed by atoms with van der Waals surface area (Å²) in [5.41, 5.74) is 0. The molecule has 3 rings (SSSR count). The van der Waals surface area contributed by atoms with Gasteiger partial charge in [-0.15, -0.1) is 0 Å². The molecule has 0 heterocycles. The van der Waals surface area contributed by atoms with E-state index in [-0.39, 0.29) is 0 Å². The Labute approximate surface area is 211 Å². The Balaban J connectivity index is 1.90. The van der Waals surface area contributed by atoms with Crippen LogP contribution >= 0.6 is 0 Å². The summed E-state index contributed by atoms with van der Waals surface area (Å²) in [6.07, 6.45) is 0. The fraction of sp³-hybridized carbons (Fsp3) is 0.259. The van der Waals surface area contributed by atoms with Crippen LogP contribution in [0.15, 0.2) is 102 Å². The van der Waals surface area contributed by atoms with Crippen LogP contribution < -0.4 is 15.6 Å². The molecule has 34 heavy (non-hydrogen) atoms.